The molecule has 3 N–H and O–H groups in total. The van der Waals surface area contributed by atoms with Gasteiger partial charge >= 0.3 is 6.03 Å². The summed E-state index contributed by atoms with van der Waals surface area (Å²) in [6.07, 6.45) is 0.685. The van der Waals surface area contributed by atoms with E-state index in [1.54, 1.807) is 25.2 Å². The van der Waals surface area contributed by atoms with Crippen LogP contribution in [0.3, 0.4) is 0 Å². The average Bonchev–Trinajstić information content (AvgIpc) is 3.11. The van der Waals surface area contributed by atoms with Gasteiger partial charge in [-0.15, -0.1) is 16.4 Å². The number of amides is 3. The quantitative estimate of drug-likeness (QED) is 0.697. The number of rotatable bonds is 6. The van der Waals surface area contributed by atoms with E-state index in [4.69, 9.17) is 0 Å². The molecule has 0 aliphatic rings. The van der Waals surface area contributed by atoms with Gasteiger partial charge in [0.25, 0.3) is 0 Å². The van der Waals surface area contributed by atoms with E-state index in [1.807, 2.05) is 17.5 Å². The van der Waals surface area contributed by atoms with Crippen LogP contribution in [0, 0.1) is 0 Å². The SMILES string of the molecule is CCNC(=O)NC(=O)C(C)Sc1n[nH]c(Cc2cccs2)n1. The lowest BCUT2D eigenvalue weighted by molar-refractivity contribution is -0.119. The molecule has 2 rings (SSSR count). The second kappa shape index (κ2) is 7.95. The summed E-state index contributed by atoms with van der Waals surface area (Å²) in [5.41, 5.74) is 0. The van der Waals surface area contributed by atoms with Gasteiger partial charge in [0, 0.05) is 17.8 Å². The summed E-state index contributed by atoms with van der Waals surface area (Å²) in [5.74, 6) is 0.377. The molecule has 0 saturated carbocycles. The van der Waals surface area contributed by atoms with Crippen molar-refractivity contribution >= 4 is 35.0 Å². The zero-order valence-electron chi connectivity index (χ0n) is 12.3. The van der Waals surface area contributed by atoms with E-state index in [-0.39, 0.29) is 5.91 Å². The Labute approximate surface area is 136 Å². The number of aromatic nitrogens is 3. The second-order valence-corrected chi connectivity index (χ2v) is 6.77. The fourth-order valence-corrected chi connectivity index (χ4v) is 3.07. The van der Waals surface area contributed by atoms with Gasteiger partial charge in [-0.1, -0.05) is 17.8 Å². The van der Waals surface area contributed by atoms with Crippen molar-refractivity contribution in [3.05, 3.63) is 28.2 Å². The van der Waals surface area contributed by atoms with E-state index in [1.165, 1.54) is 16.6 Å². The molecule has 0 aliphatic carbocycles. The fourth-order valence-electron chi connectivity index (χ4n) is 1.62. The molecule has 1 unspecified atom stereocenters. The van der Waals surface area contributed by atoms with Gasteiger partial charge in [-0.2, -0.15) is 0 Å². The number of thioether (sulfide) groups is 1. The third kappa shape index (κ3) is 4.85. The van der Waals surface area contributed by atoms with Crippen LogP contribution in [-0.4, -0.2) is 38.9 Å². The number of nitrogens with one attached hydrogen (secondary N) is 3. The minimum absolute atomic E-state index is 0.374. The monoisotopic (exact) mass is 339 g/mol. The summed E-state index contributed by atoms with van der Waals surface area (Å²) in [5, 5.41) is 13.8. The lowest BCUT2D eigenvalue weighted by Gasteiger charge is -2.09. The molecule has 1 atom stereocenters. The van der Waals surface area contributed by atoms with Crippen molar-refractivity contribution < 1.29 is 9.59 Å². The molecule has 7 nitrogen and oxygen atoms in total. The normalized spacial score (nSPS) is 11.9. The first-order valence-corrected chi connectivity index (χ1v) is 8.53. The molecule has 0 spiro atoms. The Morgan fingerprint density at radius 1 is 1.50 bits per heavy atom. The predicted molar refractivity (Wildman–Crippen MR) is 86.0 cm³/mol. The van der Waals surface area contributed by atoms with E-state index in [2.05, 4.69) is 25.8 Å². The van der Waals surface area contributed by atoms with Crippen molar-refractivity contribution in [2.45, 2.75) is 30.7 Å². The van der Waals surface area contributed by atoms with Crippen LogP contribution in [0.2, 0.25) is 0 Å². The summed E-state index contributed by atoms with van der Waals surface area (Å²) in [7, 11) is 0. The summed E-state index contributed by atoms with van der Waals surface area (Å²) in [4.78, 5) is 28.7. The number of thiophene rings is 1. The molecule has 118 valence electrons. The van der Waals surface area contributed by atoms with E-state index in [0.29, 0.717) is 18.1 Å². The van der Waals surface area contributed by atoms with Crippen molar-refractivity contribution in [2.75, 3.05) is 6.54 Å². The molecule has 2 aromatic heterocycles. The molecular weight excluding hydrogens is 322 g/mol. The van der Waals surface area contributed by atoms with Crippen LogP contribution in [-0.2, 0) is 11.2 Å². The zero-order chi connectivity index (χ0) is 15.9. The van der Waals surface area contributed by atoms with Crippen LogP contribution in [0.25, 0.3) is 0 Å². The van der Waals surface area contributed by atoms with E-state index < -0.39 is 11.3 Å². The maximum atomic E-state index is 11.8. The Hall–Kier alpha value is -1.87. The summed E-state index contributed by atoms with van der Waals surface area (Å²) < 4.78 is 0. The second-order valence-electron chi connectivity index (χ2n) is 4.43. The Kier molecular flexibility index (Phi) is 5.96. The number of aromatic amines is 1. The number of carbonyl (C=O) groups is 2. The number of hydrogen-bond donors (Lipinski definition) is 3. The number of nitrogens with zero attached hydrogens (tertiary/aromatic N) is 2. The van der Waals surface area contributed by atoms with Gasteiger partial charge in [0.2, 0.25) is 11.1 Å². The van der Waals surface area contributed by atoms with Gasteiger partial charge in [0.1, 0.15) is 5.82 Å². The molecule has 0 aliphatic heterocycles. The van der Waals surface area contributed by atoms with Crippen molar-refractivity contribution in [3.8, 4) is 0 Å². The maximum absolute atomic E-state index is 11.8. The third-order valence-corrected chi connectivity index (χ3v) is 4.50. The highest BCUT2D eigenvalue weighted by atomic mass is 32.2. The van der Waals surface area contributed by atoms with Gasteiger partial charge < -0.3 is 5.32 Å². The average molecular weight is 339 g/mol. The topological polar surface area (TPSA) is 99.8 Å². The predicted octanol–water partition coefficient (Wildman–Crippen LogP) is 1.78. The molecule has 22 heavy (non-hydrogen) atoms. The molecular formula is C13H17N5O2S2. The molecule has 0 fully saturated rings. The first-order valence-electron chi connectivity index (χ1n) is 6.77. The largest absolute Gasteiger partial charge is 0.338 e. The van der Waals surface area contributed by atoms with Crippen LogP contribution in [0.4, 0.5) is 4.79 Å². The Bertz CT molecular complexity index is 626. The third-order valence-electron chi connectivity index (χ3n) is 2.66. The Morgan fingerprint density at radius 3 is 3.00 bits per heavy atom. The number of imide groups is 1. The molecule has 0 radical (unpaired) electrons. The first-order chi connectivity index (χ1) is 10.6. The van der Waals surface area contributed by atoms with E-state index in [0.717, 1.165) is 5.82 Å². The molecule has 3 amide bonds. The number of carbonyl (C=O) groups excluding carboxylic acids is 2. The van der Waals surface area contributed by atoms with Crippen molar-refractivity contribution in [1.29, 1.82) is 0 Å². The standard InChI is InChI=1S/C13H17N5O2S2/c1-3-14-12(20)16-11(19)8(2)22-13-15-10(17-18-13)7-9-5-4-6-21-9/h4-6,8H,3,7H2,1-2H3,(H,15,17,18)(H2,14,16,19,20). The highest BCUT2D eigenvalue weighted by Gasteiger charge is 2.19. The zero-order valence-corrected chi connectivity index (χ0v) is 13.9. The summed E-state index contributed by atoms with van der Waals surface area (Å²) >= 11 is 2.86. The van der Waals surface area contributed by atoms with Gasteiger partial charge in [-0.25, -0.2) is 9.78 Å². The number of hydrogen-bond acceptors (Lipinski definition) is 6. The van der Waals surface area contributed by atoms with Crippen LogP contribution in [0.5, 0.6) is 0 Å². The van der Waals surface area contributed by atoms with Gasteiger partial charge in [0.05, 0.1) is 5.25 Å². The lowest BCUT2D eigenvalue weighted by atomic mass is 10.3. The minimum atomic E-state index is -0.492. The molecule has 0 saturated heterocycles. The van der Waals surface area contributed by atoms with E-state index >= 15 is 0 Å². The van der Waals surface area contributed by atoms with Gasteiger partial charge in [0.15, 0.2) is 0 Å². The van der Waals surface area contributed by atoms with Gasteiger partial charge in [-0.05, 0) is 25.3 Å². The van der Waals surface area contributed by atoms with Crippen molar-refractivity contribution in [2.24, 2.45) is 0 Å². The van der Waals surface area contributed by atoms with Crippen LogP contribution >= 0.6 is 23.1 Å². The van der Waals surface area contributed by atoms with Crippen LogP contribution in [0.15, 0.2) is 22.7 Å². The van der Waals surface area contributed by atoms with Crippen molar-refractivity contribution in [3.63, 3.8) is 0 Å². The van der Waals surface area contributed by atoms with E-state index in [9.17, 15) is 9.59 Å². The number of H-pyrrole nitrogens is 1. The molecule has 2 heterocycles. The Balaban J connectivity index is 1.86. The Morgan fingerprint density at radius 2 is 2.32 bits per heavy atom. The summed E-state index contributed by atoms with van der Waals surface area (Å²) in [6.45, 7) is 3.95. The minimum Gasteiger partial charge on any atom is -0.338 e. The lowest BCUT2D eigenvalue weighted by Crippen LogP contribution is -2.42. The molecule has 0 bridgehead atoms. The molecule has 9 heteroatoms. The first kappa shape index (κ1) is 16.5. The summed E-state index contributed by atoms with van der Waals surface area (Å²) in [6, 6.07) is 3.52. The highest BCUT2D eigenvalue weighted by Crippen LogP contribution is 2.20. The smallest absolute Gasteiger partial charge is 0.321 e. The highest BCUT2D eigenvalue weighted by molar-refractivity contribution is 8.00. The van der Waals surface area contributed by atoms with Crippen LogP contribution < -0.4 is 10.6 Å². The van der Waals surface area contributed by atoms with Crippen LogP contribution in [0.1, 0.15) is 24.5 Å². The maximum Gasteiger partial charge on any atom is 0.321 e. The molecule has 0 aromatic carbocycles. The molecule has 2 aromatic rings. The van der Waals surface area contributed by atoms with Crippen molar-refractivity contribution in [1.82, 2.24) is 25.8 Å². The van der Waals surface area contributed by atoms with Gasteiger partial charge in [-0.3, -0.25) is 15.2 Å². The fraction of sp³-hybridized carbons (Fsp3) is 0.385. The number of urea groups is 1.